The number of hydrogen-bond donors (Lipinski definition) is 0. The molecule has 1 nitrogen and oxygen atoms in total. The summed E-state index contributed by atoms with van der Waals surface area (Å²) < 4.78 is 2.38. The molecule has 0 bridgehead atoms. The van der Waals surface area contributed by atoms with Crippen molar-refractivity contribution in [3.8, 4) is 11.1 Å². The Morgan fingerprint density at radius 2 is 1.55 bits per heavy atom. The Balaban J connectivity index is 1.63. The monoisotopic (exact) mass is 519 g/mol. The minimum Gasteiger partial charge on any atom is -0.309 e. The number of nitrogens with zero attached hydrogens (tertiary/aromatic N) is 1. The molecular formula is C39H37N. The molecule has 1 heterocycles. The largest absolute Gasteiger partial charge is 0.309 e. The lowest BCUT2D eigenvalue weighted by Gasteiger charge is -2.21. The molecule has 0 unspecified atom stereocenters. The van der Waals surface area contributed by atoms with Gasteiger partial charge >= 0.3 is 0 Å². The molecule has 0 amide bonds. The first-order valence-electron chi connectivity index (χ1n) is 14.4. The van der Waals surface area contributed by atoms with Gasteiger partial charge in [-0.2, -0.15) is 0 Å². The standard InChI is InChI=1S/C39H37N/c1-7-16-29(30-18-11-10-17-27(30)8-2)26(4)23-28(9-3)40-37-22-15-13-20-32(37)34-24-33-31-19-12-14-21-35(31)39(5,6)36(33)25-38(34)40/h8-15,17-25H,3-4,7,16H2,1-2,5-6H3. The van der Waals surface area contributed by atoms with Crippen LogP contribution in [0.4, 0.5) is 0 Å². The van der Waals surface area contributed by atoms with E-state index in [9.17, 15) is 0 Å². The highest BCUT2D eigenvalue weighted by Gasteiger charge is 2.36. The zero-order chi connectivity index (χ0) is 28.0. The fourth-order valence-electron chi connectivity index (χ4n) is 6.66. The molecule has 1 aliphatic carbocycles. The summed E-state index contributed by atoms with van der Waals surface area (Å²) in [6.45, 7) is 17.9. The van der Waals surface area contributed by atoms with E-state index in [0.29, 0.717) is 0 Å². The Morgan fingerprint density at radius 1 is 0.825 bits per heavy atom. The molecule has 5 aromatic rings. The molecule has 0 aliphatic heterocycles. The van der Waals surface area contributed by atoms with E-state index < -0.39 is 0 Å². The van der Waals surface area contributed by atoms with Gasteiger partial charge in [0.05, 0.1) is 11.0 Å². The lowest BCUT2D eigenvalue weighted by molar-refractivity contribution is 0.661. The normalized spacial score (nSPS) is 15.3. The first-order chi connectivity index (χ1) is 19.4. The van der Waals surface area contributed by atoms with Crippen LogP contribution in [0.2, 0.25) is 0 Å². The number of benzene rings is 4. The molecule has 0 saturated carbocycles. The molecule has 40 heavy (non-hydrogen) atoms. The van der Waals surface area contributed by atoms with Crippen molar-refractivity contribution in [1.82, 2.24) is 4.57 Å². The van der Waals surface area contributed by atoms with Gasteiger partial charge in [-0.05, 0) is 87.5 Å². The van der Waals surface area contributed by atoms with Gasteiger partial charge in [-0.15, -0.1) is 0 Å². The molecule has 1 heteroatoms. The first kappa shape index (κ1) is 25.9. The SMILES string of the molecule is C=CC(=CC(=C)C(CCC)=c1ccccc1=CC)n1c2ccccc2c2cc3c(cc21)C(C)(C)c1ccccc1-3. The van der Waals surface area contributed by atoms with Gasteiger partial charge in [-0.25, -0.2) is 0 Å². The van der Waals surface area contributed by atoms with Gasteiger partial charge in [0.15, 0.2) is 0 Å². The van der Waals surface area contributed by atoms with E-state index in [4.69, 9.17) is 0 Å². The quantitative estimate of drug-likeness (QED) is 0.197. The summed E-state index contributed by atoms with van der Waals surface area (Å²) in [5.41, 5.74) is 11.1. The van der Waals surface area contributed by atoms with Crippen molar-refractivity contribution in [2.75, 3.05) is 0 Å². The highest BCUT2D eigenvalue weighted by Crippen LogP contribution is 2.50. The third-order valence-corrected chi connectivity index (χ3v) is 8.65. The maximum Gasteiger partial charge on any atom is 0.0544 e. The van der Waals surface area contributed by atoms with E-state index in [2.05, 4.69) is 143 Å². The fourth-order valence-corrected chi connectivity index (χ4v) is 6.66. The molecule has 1 aliphatic rings. The number of aromatic nitrogens is 1. The maximum atomic E-state index is 4.60. The summed E-state index contributed by atoms with van der Waals surface area (Å²) in [5, 5.41) is 5.03. The van der Waals surface area contributed by atoms with Crippen molar-refractivity contribution in [1.29, 1.82) is 0 Å². The van der Waals surface area contributed by atoms with Gasteiger partial charge in [0.1, 0.15) is 0 Å². The summed E-state index contributed by atoms with van der Waals surface area (Å²) in [6, 6.07) is 31.0. The van der Waals surface area contributed by atoms with Crippen LogP contribution in [-0.4, -0.2) is 4.57 Å². The van der Waals surface area contributed by atoms with Crippen LogP contribution < -0.4 is 10.4 Å². The lowest BCUT2D eigenvalue weighted by Crippen LogP contribution is -2.26. The second-order valence-corrected chi connectivity index (χ2v) is 11.3. The summed E-state index contributed by atoms with van der Waals surface area (Å²) in [6.07, 6.45) is 8.41. The second-order valence-electron chi connectivity index (χ2n) is 11.3. The van der Waals surface area contributed by atoms with Gasteiger partial charge in [0.25, 0.3) is 0 Å². The van der Waals surface area contributed by atoms with Crippen molar-refractivity contribution in [2.45, 2.75) is 46.0 Å². The minimum absolute atomic E-state index is 0.0640. The van der Waals surface area contributed by atoms with Gasteiger partial charge < -0.3 is 4.57 Å². The summed E-state index contributed by atoms with van der Waals surface area (Å²) >= 11 is 0. The van der Waals surface area contributed by atoms with E-state index in [0.717, 1.165) is 24.1 Å². The van der Waals surface area contributed by atoms with E-state index in [1.54, 1.807) is 0 Å². The minimum atomic E-state index is -0.0640. The topological polar surface area (TPSA) is 4.93 Å². The van der Waals surface area contributed by atoms with E-state index >= 15 is 0 Å². The number of fused-ring (bicyclic) bond motifs is 6. The van der Waals surface area contributed by atoms with Gasteiger partial charge in [-0.1, -0.05) is 113 Å². The molecular weight excluding hydrogens is 482 g/mol. The van der Waals surface area contributed by atoms with Crippen LogP contribution >= 0.6 is 0 Å². The van der Waals surface area contributed by atoms with Gasteiger partial charge in [0, 0.05) is 21.9 Å². The van der Waals surface area contributed by atoms with Crippen LogP contribution in [0, 0.1) is 0 Å². The first-order valence-corrected chi connectivity index (χ1v) is 14.4. The number of allylic oxidation sites excluding steroid dienone is 4. The molecule has 1 aromatic heterocycles. The molecule has 0 radical (unpaired) electrons. The van der Waals surface area contributed by atoms with Crippen LogP contribution in [0.3, 0.4) is 0 Å². The number of rotatable bonds is 6. The third-order valence-electron chi connectivity index (χ3n) is 8.65. The van der Waals surface area contributed by atoms with Crippen molar-refractivity contribution < 1.29 is 0 Å². The number of hydrogen-bond acceptors (Lipinski definition) is 0. The van der Waals surface area contributed by atoms with Crippen molar-refractivity contribution in [2.24, 2.45) is 0 Å². The second kappa shape index (κ2) is 9.99. The molecule has 0 N–H and O–H groups in total. The average Bonchev–Trinajstić information content (AvgIpc) is 3.42. The molecule has 4 aromatic carbocycles. The molecule has 6 rings (SSSR count). The predicted molar refractivity (Wildman–Crippen MR) is 175 cm³/mol. The van der Waals surface area contributed by atoms with E-state index in [-0.39, 0.29) is 5.41 Å². The Kier molecular flexibility index (Phi) is 6.47. The molecule has 198 valence electrons. The molecule has 0 saturated heterocycles. The van der Waals surface area contributed by atoms with Gasteiger partial charge in [-0.3, -0.25) is 0 Å². The Labute approximate surface area is 237 Å². The molecule has 0 spiro atoms. The summed E-state index contributed by atoms with van der Waals surface area (Å²) in [7, 11) is 0. The summed E-state index contributed by atoms with van der Waals surface area (Å²) in [4.78, 5) is 0. The summed E-state index contributed by atoms with van der Waals surface area (Å²) in [5.74, 6) is 0. The molecule has 0 fully saturated rings. The molecule has 0 atom stereocenters. The fraction of sp³-hybridized carbons (Fsp3) is 0.179. The van der Waals surface area contributed by atoms with Crippen LogP contribution in [0.15, 0.2) is 116 Å². The highest BCUT2D eigenvalue weighted by atomic mass is 15.0. The average molecular weight is 520 g/mol. The smallest absolute Gasteiger partial charge is 0.0544 e. The zero-order valence-corrected chi connectivity index (χ0v) is 24.1. The van der Waals surface area contributed by atoms with Crippen LogP contribution in [0.1, 0.15) is 51.7 Å². The van der Waals surface area contributed by atoms with Crippen molar-refractivity contribution in [3.05, 3.63) is 137 Å². The lowest BCUT2D eigenvalue weighted by atomic mass is 9.82. The van der Waals surface area contributed by atoms with Crippen molar-refractivity contribution >= 4 is 39.2 Å². The Morgan fingerprint density at radius 3 is 2.33 bits per heavy atom. The van der Waals surface area contributed by atoms with Crippen LogP contribution in [0.5, 0.6) is 0 Å². The predicted octanol–water partition coefficient (Wildman–Crippen LogP) is 9.14. The Hall–Kier alpha value is -4.36. The van der Waals surface area contributed by atoms with E-state index in [1.807, 2.05) is 6.08 Å². The zero-order valence-electron chi connectivity index (χ0n) is 24.1. The third kappa shape index (κ3) is 3.92. The number of para-hydroxylation sites is 1. The van der Waals surface area contributed by atoms with E-state index in [1.165, 1.54) is 60.1 Å². The van der Waals surface area contributed by atoms with Crippen molar-refractivity contribution in [3.63, 3.8) is 0 Å². The van der Waals surface area contributed by atoms with Gasteiger partial charge in [0.2, 0.25) is 0 Å². The van der Waals surface area contributed by atoms with Crippen LogP contribution in [0.25, 0.3) is 50.3 Å². The Bertz CT molecular complexity index is 1970. The highest BCUT2D eigenvalue weighted by molar-refractivity contribution is 6.12. The maximum absolute atomic E-state index is 4.60. The van der Waals surface area contributed by atoms with Crippen LogP contribution in [-0.2, 0) is 5.41 Å².